The van der Waals surface area contributed by atoms with Crippen molar-refractivity contribution in [1.82, 2.24) is 0 Å². The second-order valence-electron chi connectivity index (χ2n) is 9.44. The van der Waals surface area contributed by atoms with Crippen molar-refractivity contribution in [2.45, 2.75) is 25.4 Å². The first-order chi connectivity index (χ1) is 19.4. The number of phenols is 1. The van der Waals surface area contributed by atoms with Gasteiger partial charge < -0.3 is 33.7 Å². The molecule has 9 heteroatoms. The van der Waals surface area contributed by atoms with E-state index in [2.05, 4.69) is 0 Å². The Morgan fingerprint density at radius 3 is 2.33 bits per heavy atom. The fourth-order valence-corrected chi connectivity index (χ4v) is 5.03. The first kappa shape index (κ1) is 28.8. The molecule has 1 N–H and O–H groups in total. The second-order valence-corrected chi connectivity index (χ2v) is 9.44. The Hall–Kier alpha value is -4.24. The number of aromatic hydroxyl groups is 1. The number of carbonyl (C=O) groups is 2. The highest BCUT2D eigenvalue weighted by molar-refractivity contribution is 6.06. The van der Waals surface area contributed by atoms with Crippen LogP contribution in [0.2, 0.25) is 0 Å². The summed E-state index contributed by atoms with van der Waals surface area (Å²) in [5.41, 5.74) is 2.12. The minimum absolute atomic E-state index is 0.0217. The Morgan fingerprint density at radius 1 is 0.950 bits per heavy atom. The van der Waals surface area contributed by atoms with Crippen LogP contribution in [0.15, 0.2) is 54.6 Å². The van der Waals surface area contributed by atoms with Crippen LogP contribution in [0.3, 0.4) is 0 Å². The summed E-state index contributed by atoms with van der Waals surface area (Å²) in [6.07, 6.45) is 2.09. The fourth-order valence-electron chi connectivity index (χ4n) is 5.03. The molecule has 1 aliphatic heterocycles. The molecule has 0 amide bonds. The lowest BCUT2D eigenvalue weighted by Gasteiger charge is -2.29. The van der Waals surface area contributed by atoms with E-state index in [1.165, 1.54) is 28.4 Å². The molecule has 3 aromatic carbocycles. The van der Waals surface area contributed by atoms with Crippen molar-refractivity contribution in [3.8, 4) is 23.0 Å². The molecule has 1 atom stereocenters. The molecular weight excluding hydrogens is 514 g/mol. The predicted molar refractivity (Wildman–Crippen MR) is 150 cm³/mol. The van der Waals surface area contributed by atoms with Crippen LogP contribution in [0, 0.1) is 0 Å². The first-order valence-corrected chi connectivity index (χ1v) is 13.1. The summed E-state index contributed by atoms with van der Waals surface area (Å²) in [5.74, 6) is -0.208. The third-order valence-corrected chi connectivity index (χ3v) is 7.00. The fraction of sp³-hybridized carbons (Fsp3) is 0.355. The number of carbonyl (C=O) groups excluding carboxylic acids is 2. The smallest absolute Gasteiger partial charge is 0.341 e. The quantitative estimate of drug-likeness (QED) is 0.255. The number of ether oxygens (including phenoxy) is 5. The number of benzene rings is 3. The summed E-state index contributed by atoms with van der Waals surface area (Å²) in [6.45, 7) is 0.952. The SMILES string of the molecule is COC(=O)c1c(Cc2ccccc2)ccc(C(=O)CN(CC2CCCO2)c2ccc(OC)c(OC)c2OC)c1O. The molecular formula is C31H35NO8. The summed E-state index contributed by atoms with van der Waals surface area (Å²) in [6, 6.07) is 16.3. The lowest BCUT2D eigenvalue weighted by atomic mass is 9.95. The molecule has 1 heterocycles. The van der Waals surface area contributed by atoms with Gasteiger partial charge in [0.05, 0.1) is 52.3 Å². The van der Waals surface area contributed by atoms with Gasteiger partial charge in [-0.2, -0.15) is 0 Å². The standard InChI is InChI=1S/C31H35NO8/c1-36-26-15-14-24(29(37-2)30(26)38-3)32(18-22-11-8-16-40-22)19-25(33)23-13-12-21(17-20-9-6-5-7-10-20)27(28(23)34)31(35)39-4/h5-7,9-10,12-15,22,34H,8,11,16-19H2,1-4H3. The van der Waals surface area contributed by atoms with Gasteiger partial charge in [0.1, 0.15) is 11.3 Å². The van der Waals surface area contributed by atoms with Gasteiger partial charge in [-0.3, -0.25) is 4.79 Å². The number of ketones is 1. The number of anilines is 1. The molecule has 1 unspecified atom stereocenters. The van der Waals surface area contributed by atoms with Gasteiger partial charge in [-0.1, -0.05) is 36.4 Å². The zero-order valence-corrected chi connectivity index (χ0v) is 23.3. The largest absolute Gasteiger partial charge is 0.506 e. The van der Waals surface area contributed by atoms with E-state index in [-0.39, 0.29) is 29.6 Å². The highest BCUT2D eigenvalue weighted by Crippen LogP contribution is 2.44. The van der Waals surface area contributed by atoms with Gasteiger partial charge in [0.15, 0.2) is 17.3 Å². The second kappa shape index (κ2) is 13.2. The Kier molecular flexibility index (Phi) is 9.50. The lowest BCUT2D eigenvalue weighted by molar-refractivity contribution is 0.0596. The van der Waals surface area contributed by atoms with Crippen LogP contribution in [0.5, 0.6) is 23.0 Å². The predicted octanol–water partition coefficient (Wildman–Crippen LogP) is 4.66. The van der Waals surface area contributed by atoms with Gasteiger partial charge in [0.2, 0.25) is 5.75 Å². The van der Waals surface area contributed by atoms with Gasteiger partial charge in [-0.25, -0.2) is 4.79 Å². The number of phenolic OH excluding ortho intramolecular Hbond substituents is 1. The van der Waals surface area contributed by atoms with Crippen molar-refractivity contribution in [1.29, 1.82) is 0 Å². The van der Waals surface area contributed by atoms with E-state index in [1.807, 2.05) is 35.2 Å². The normalized spacial score (nSPS) is 14.4. The highest BCUT2D eigenvalue weighted by atomic mass is 16.5. The number of Topliss-reactive ketones (excluding diaryl/α,β-unsaturated/α-hetero) is 1. The van der Waals surface area contributed by atoms with Gasteiger partial charge in [-0.15, -0.1) is 0 Å². The van der Waals surface area contributed by atoms with Crippen molar-refractivity contribution in [2.75, 3.05) is 53.0 Å². The molecule has 3 aromatic rings. The van der Waals surface area contributed by atoms with E-state index in [9.17, 15) is 14.7 Å². The number of nitrogens with zero attached hydrogens (tertiary/aromatic N) is 1. The summed E-state index contributed by atoms with van der Waals surface area (Å²) < 4.78 is 27.5. The maximum absolute atomic E-state index is 13.7. The Morgan fingerprint density at radius 2 is 1.70 bits per heavy atom. The molecule has 9 nitrogen and oxygen atoms in total. The number of hydrogen-bond acceptors (Lipinski definition) is 9. The monoisotopic (exact) mass is 549 g/mol. The maximum Gasteiger partial charge on any atom is 0.341 e. The zero-order valence-electron chi connectivity index (χ0n) is 23.3. The average Bonchev–Trinajstić information content (AvgIpc) is 3.49. The Bertz CT molecular complexity index is 1330. The summed E-state index contributed by atoms with van der Waals surface area (Å²) in [7, 11) is 5.82. The van der Waals surface area contributed by atoms with Crippen molar-refractivity contribution < 1.29 is 38.4 Å². The van der Waals surface area contributed by atoms with Crippen LogP contribution < -0.4 is 19.1 Å². The molecule has 0 saturated carbocycles. The van der Waals surface area contributed by atoms with Crippen LogP contribution >= 0.6 is 0 Å². The van der Waals surface area contributed by atoms with Gasteiger partial charge in [-0.05, 0) is 48.6 Å². The topological polar surface area (TPSA) is 104 Å². The van der Waals surface area contributed by atoms with Crippen LogP contribution in [0.4, 0.5) is 5.69 Å². The van der Waals surface area contributed by atoms with Gasteiger partial charge in [0, 0.05) is 13.2 Å². The zero-order chi connectivity index (χ0) is 28.6. The van der Waals surface area contributed by atoms with E-state index < -0.39 is 11.7 Å². The van der Waals surface area contributed by atoms with Crippen molar-refractivity contribution in [3.63, 3.8) is 0 Å². The minimum atomic E-state index is -0.712. The maximum atomic E-state index is 13.7. The van der Waals surface area contributed by atoms with E-state index in [1.54, 1.807) is 24.3 Å². The minimum Gasteiger partial charge on any atom is -0.506 e. The number of methoxy groups -OCH3 is 4. The summed E-state index contributed by atoms with van der Waals surface area (Å²) in [4.78, 5) is 28.3. The third-order valence-electron chi connectivity index (χ3n) is 7.00. The molecule has 0 aliphatic carbocycles. The molecule has 212 valence electrons. The van der Waals surface area contributed by atoms with Crippen LogP contribution in [0.1, 0.15) is 44.7 Å². The highest BCUT2D eigenvalue weighted by Gasteiger charge is 2.29. The number of esters is 1. The van der Waals surface area contributed by atoms with Gasteiger partial charge in [0.25, 0.3) is 0 Å². The number of rotatable bonds is 12. The van der Waals surface area contributed by atoms with Crippen molar-refractivity contribution >= 4 is 17.4 Å². The molecule has 0 bridgehead atoms. The van der Waals surface area contributed by atoms with E-state index in [4.69, 9.17) is 23.7 Å². The van der Waals surface area contributed by atoms with E-state index in [0.29, 0.717) is 48.1 Å². The van der Waals surface area contributed by atoms with E-state index >= 15 is 0 Å². The molecule has 1 saturated heterocycles. The van der Waals surface area contributed by atoms with Crippen molar-refractivity contribution in [3.05, 3.63) is 76.9 Å². The molecule has 4 rings (SSSR count). The lowest BCUT2D eigenvalue weighted by Crippen LogP contribution is -2.36. The summed E-state index contributed by atoms with van der Waals surface area (Å²) in [5, 5.41) is 11.2. The van der Waals surface area contributed by atoms with Gasteiger partial charge >= 0.3 is 5.97 Å². The average molecular weight is 550 g/mol. The van der Waals surface area contributed by atoms with Crippen LogP contribution in [-0.2, 0) is 15.9 Å². The Labute approximate surface area is 234 Å². The molecule has 0 aromatic heterocycles. The summed E-state index contributed by atoms with van der Waals surface area (Å²) >= 11 is 0. The van der Waals surface area contributed by atoms with Crippen LogP contribution in [0.25, 0.3) is 0 Å². The van der Waals surface area contributed by atoms with Crippen LogP contribution in [-0.4, -0.2) is 71.1 Å². The molecule has 0 radical (unpaired) electrons. The first-order valence-electron chi connectivity index (χ1n) is 13.1. The number of hydrogen-bond donors (Lipinski definition) is 1. The third kappa shape index (κ3) is 6.15. The molecule has 40 heavy (non-hydrogen) atoms. The molecule has 1 fully saturated rings. The van der Waals surface area contributed by atoms with Crippen molar-refractivity contribution in [2.24, 2.45) is 0 Å². The van der Waals surface area contributed by atoms with E-state index in [0.717, 1.165) is 18.4 Å². The molecule has 1 aliphatic rings. The molecule has 0 spiro atoms. The Balaban J connectivity index is 1.71.